The molecule has 3 N–H and O–H groups in total. The molecular formula is C14H17N3O3. The number of amides is 1. The quantitative estimate of drug-likeness (QED) is 0.727. The molecule has 0 spiro atoms. The van der Waals surface area contributed by atoms with Crippen LogP contribution in [0.5, 0.6) is 0 Å². The first-order valence-corrected chi connectivity index (χ1v) is 6.19. The monoisotopic (exact) mass is 275 g/mol. The number of carbonyl (C=O) groups is 2. The topological polar surface area (TPSA) is 102 Å². The Morgan fingerprint density at radius 3 is 2.40 bits per heavy atom. The molecule has 0 saturated carbocycles. The third-order valence-corrected chi connectivity index (χ3v) is 3.12. The van der Waals surface area contributed by atoms with Gasteiger partial charge in [-0.05, 0) is 37.6 Å². The summed E-state index contributed by atoms with van der Waals surface area (Å²) < 4.78 is 0. The average Bonchev–Trinajstić information content (AvgIpc) is 2.45. The second-order valence-corrected chi connectivity index (χ2v) is 4.58. The lowest BCUT2D eigenvalue weighted by atomic mass is 9.99. The zero-order valence-electron chi connectivity index (χ0n) is 11.4. The highest BCUT2D eigenvalue weighted by molar-refractivity contribution is 5.92. The van der Waals surface area contributed by atoms with Crippen LogP contribution in [0.2, 0.25) is 0 Å². The summed E-state index contributed by atoms with van der Waals surface area (Å²) in [5, 5.41) is 23.1. The lowest BCUT2D eigenvalue weighted by Crippen LogP contribution is -2.51. The molecule has 0 radical (unpaired) electrons. The Kier molecular flexibility index (Phi) is 5.23. The minimum atomic E-state index is -1.12. The zero-order valence-corrected chi connectivity index (χ0v) is 11.4. The summed E-state index contributed by atoms with van der Waals surface area (Å²) in [5.74, 6) is -1.33. The van der Waals surface area contributed by atoms with Crippen molar-refractivity contribution in [3.63, 3.8) is 0 Å². The van der Waals surface area contributed by atoms with Crippen LogP contribution in [0.1, 0.15) is 25.8 Å². The third kappa shape index (κ3) is 4.07. The lowest BCUT2D eigenvalue weighted by molar-refractivity contribution is -0.144. The van der Waals surface area contributed by atoms with Gasteiger partial charge in [0.15, 0.2) is 0 Å². The number of hydrogen-bond acceptors (Lipinski definition) is 4. The van der Waals surface area contributed by atoms with E-state index in [9.17, 15) is 9.59 Å². The number of anilines is 1. The second kappa shape index (κ2) is 6.68. The van der Waals surface area contributed by atoms with Gasteiger partial charge in [0.05, 0.1) is 18.2 Å². The molecule has 1 amide bonds. The molecule has 1 unspecified atom stereocenters. The van der Waals surface area contributed by atoms with Crippen LogP contribution in [0.15, 0.2) is 24.3 Å². The van der Waals surface area contributed by atoms with Crippen molar-refractivity contribution in [1.82, 2.24) is 5.32 Å². The Morgan fingerprint density at radius 2 is 1.95 bits per heavy atom. The molecule has 1 rings (SSSR count). The summed E-state index contributed by atoms with van der Waals surface area (Å²) in [5.41, 5.74) is -0.0583. The van der Waals surface area contributed by atoms with Gasteiger partial charge in [-0.15, -0.1) is 0 Å². The minimum Gasteiger partial charge on any atom is -0.480 e. The number of hydrogen-bond donors (Lipinski definition) is 3. The first-order valence-electron chi connectivity index (χ1n) is 6.19. The predicted octanol–water partition coefficient (Wildman–Crippen LogP) is 1.34. The molecule has 106 valence electrons. The number of aliphatic carboxylic acids is 1. The summed E-state index contributed by atoms with van der Waals surface area (Å²) in [6.07, 6.45) is 0.368. The fraction of sp³-hybridized carbons (Fsp3) is 0.357. The van der Waals surface area contributed by atoms with Crippen LogP contribution in [0.4, 0.5) is 5.69 Å². The van der Waals surface area contributed by atoms with E-state index < -0.39 is 11.5 Å². The standard InChI is InChI=1S/C14H17N3O3/c1-3-14(2,13(19)20)16-9-12(18)17-11-6-4-10(8-15)5-7-11/h4-7,16H,3,9H2,1-2H3,(H,17,18)(H,19,20). The maximum Gasteiger partial charge on any atom is 0.323 e. The van der Waals surface area contributed by atoms with Crippen molar-refractivity contribution in [2.24, 2.45) is 0 Å². The molecule has 6 nitrogen and oxygen atoms in total. The smallest absolute Gasteiger partial charge is 0.323 e. The second-order valence-electron chi connectivity index (χ2n) is 4.58. The number of rotatable bonds is 6. The number of carbonyl (C=O) groups excluding carboxylic acids is 1. The van der Waals surface area contributed by atoms with Crippen molar-refractivity contribution in [2.45, 2.75) is 25.8 Å². The highest BCUT2D eigenvalue weighted by Gasteiger charge is 2.30. The average molecular weight is 275 g/mol. The lowest BCUT2D eigenvalue weighted by Gasteiger charge is -2.24. The van der Waals surface area contributed by atoms with Crippen LogP contribution < -0.4 is 10.6 Å². The van der Waals surface area contributed by atoms with Crippen LogP contribution in [0.25, 0.3) is 0 Å². The number of carboxylic acids is 1. The van der Waals surface area contributed by atoms with E-state index >= 15 is 0 Å². The Labute approximate surface area is 117 Å². The van der Waals surface area contributed by atoms with Gasteiger partial charge in [-0.2, -0.15) is 5.26 Å². The van der Waals surface area contributed by atoms with Crippen molar-refractivity contribution >= 4 is 17.6 Å². The number of benzene rings is 1. The molecule has 0 bridgehead atoms. The molecule has 0 aliphatic carbocycles. The molecule has 1 atom stereocenters. The van der Waals surface area contributed by atoms with Gasteiger partial charge < -0.3 is 10.4 Å². The Hall–Kier alpha value is -2.39. The number of nitrogens with one attached hydrogen (secondary N) is 2. The number of carboxylic acid groups (broad SMARTS) is 1. The van der Waals surface area contributed by atoms with Crippen molar-refractivity contribution in [1.29, 1.82) is 5.26 Å². The van der Waals surface area contributed by atoms with E-state index in [1.807, 2.05) is 6.07 Å². The van der Waals surface area contributed by atoms with Crippen molar-refractivity contribution in [3.8, 4) is 6.07 Å². The van der Waals surface area contributed by atoms with Gasteiger partial charge in [0, 0.05) is 5.69 Å². The van der Waals surface area contributed by atoms with Gasteiger partial charge in [0.25, 0.3) is 0 Å². The summed E-state index contributed by atoms with van der Waals surface area (Å²) in [6, 6.07) is 8.41. The molecule has 0 aromatic heterocycles. The highest BCUT2D eigenvalue weighted by Crippen LogP contribution is 2.10. The summed E-state index contributed by atoms with van der Waals surface area (Å²) in [4.78, 5) is 22.8. The molecule has 0 heterocycles. The molecule has 20 heavy (non-hydrogen) atoms. The van der Waals surface area contributed by atoms with Gasteiger partial charge in [-0.3, -0.25) is 14.9 Å². The third-order valence-electron chi connectivity index (χ3n) is 3.12. The Bertz CT molecular complexity index is 534. The molecule has 0 aliphatic rings. The van der Waals surface area contributed by atoms with Gasteiger partial charge in [0.2, 0.25) is 5.91 Å². The largest absolute Gasteiger partial charge is 0.480 e. The van der Waals surface area contributed by atoms with E-state index in [1.54, 1.807) is 31.2 Å². The minimum absolute atomic E-state index is 0.101. The molecule has 6 heteroatoms. The van der Waals surface area contributed by atoms with Crippen LogP contribution in [0.3, 0.4) is 0 Å². The van der Waals surface area contributed by atoms with Crippen molar-refractivity contribution < 1.29 is 14.7 Å². The molecule has 0 fully saturated rings. The summed E-state index contributed by atoms with van der Waals surface area (Å²) in [6.45, 7) is 3.17. The van der Waals surface area contributed by atoms with E-state index in [0.717, 1.165) is 0 Å². The molecule has 1 aromatic carbocycles. The van der Waals surface area contributed by atoms with Crippen molar-refractivity contribution in [3.05, 3.63) is 29.8 Å². The van der Waals surface area contributed by atoms with Gasteiger partial charge in [-0.25, -0.2) is 0 Å². The molecular weight excluding hydrogens is 258 g/mol. The first-order chi connectivity index (χ1) is 9.41. The van der Waals surface area contributed by atoms with Crippen LogP contribution in [-0.2, 0) is 9.59 Å². The molecule has 0 aliphatic heterocycles. The fourth-order valence-electron chi connectivity index (χ4n) is 1.46. The van der Waals surface area contributed by atoms with Gasteiger partial charge in [-0.1, -0.05) is 6.92 Å². The molecule has 1 aromatic rings. The van der Waals surface area contributed by atoms with E-state index in [4.69, 9.17) is 10.4 Å². The Morgan fingerprint density at radius 1 is 1.35 bits per heavy atom. The van der Waals surface area contributed by atoms with Gasteiger partial charge in [0.1, 0.15) is 5.54 Å². The fourth-order valence-corrected chi connectivity index (χ4v) is 1.46. The number of nitriles is 1. The van der Waals surface area contributed by atoms with Crippen LogP contribution in [0, 0.1) is 11.3 Å². The van der Waals surface area contributed by atoms with Crippen LogP contribution in [-0.4, -0.2) is 29.1 Å². The number of nitrogens with zero attached hydrogens (tertiary/aromatic N) is 1. The van der Waals surface area contributed by atoms with Crippen LogP contribution >= 0.6 is 0 Å². The maximum atomic E-state index is 11.7. The van der Waals surface area contributed by atoms with E-state index in [2.05, 4.69) is 10.6 Å². The predicted molar refractivity (Wildman–Crippen MR) is 74.1 cm³/mol. The SMILES string of the molecule is CCC(C)(NCC(=O)Nc1ccc(C#N)cc1)C(=O)O. The Balaban J connectivity index is 2.55. The zero-order chi connectivity index (χ0) is 15.2. The highest BCUT2D eigenvalue weighted by atomic mass is 16.4. The van der Waals surface area contributed by atoms with Crippen molar-refractivity contribution in [2.75, 3.05) is 11.9 Å². The summed E-state index contributed by atoms with van der Waals surface area (Å²) in [7, 11) is 0. The van der Waals surface area contributed by atoms with Gasteiger partial charge >= 0.3 is 5.97 Å². The summed E-state index contributed by atoms with van der Waals surface area (Å²) >= 11 is 0. The van der Waals surface area contributed by atoms with E-state index in [-0.39, 0.29) is 12.5 Å². The normalized spacial score (nSPS) is 13.1. The van der Waals surface area contributed by atoms with E-state index in [0.29, 0.717) is 17.7 Å². The maximum absolute atomic E-state index is 11.7. The van der Waals surface area contributed by atoms with E-state index in [1.165, 1.54) is 6.92 Å². The molecule has 0 saturated heterocycles. The first kappa shape index (κ1) is 15.7.